The Hall–Kier alpha value is -1.86. The Morgan fingerprint density at radius 3 is 2.28 bits per heavy atom. The van der Waals surface area contributed by atoms with Crippen molar-refractivity contribution in [1.29, 1.82) is 0 Å². The van der Waals surface area contributed by atoms with Gasteiger partial charge < -0.3 is 19.1 Å². The van der Waals surface area contributed by atoms with E-state index >= 15 is 0 Å². The number of aromatic nitrogens is 1. The molecule has 0 radical (unpaired) electrons. The second-order valence-corrected chi connectivity index (χ2v) is 11.5. The van der Waals surface area contributed by atoms with E-state index in [0.29, 0.717) is 6.10 Å². The number of thiazole rings is 1. The topological polar surface area (TPSA) is 60.9 Å². The number of carbonyl (C=O) groups excluding carboxylic acids is 1. The fourth-order valence-corrected chi connectivity index (χ4v) is 6.33. The second-order valence-electron chi connectivity index (χ2n) is 10.5. The number of para-hydroxylation sites is 1. The molecule has 1 aliphatic carbocycles. The van der Waals surface area contributed by atoms with Gasteiger partial charge in [-0.25, -0.2) is 9.78 Å². The van der Waals surface area contributed by atoms with E-state index in [0.717, 1.165) is 62.1 Å². The van der Waals surface area contributed by atoms with Crippen molar-refractivity contribution < 1.29 is 19.0 Å². The summed E-state index contributed by atoms with van der Waals surface area (Å²) in [5.74, 6) is 0. The molecule has 174 valence electrons. The highest BCUT2D eigenvalue weighted by molar-refractivity contribution is 7.20. The molecule has 6 nitrogen and oxygen atoms in total. The highest BCUT2D eigenvalue weighted by Gasteiger charge is 2.45. The first-order valence-corrected chi connectivity index (χ1v) is 12.8. The minimum atomic E-state index is -0.448. The lowest BCUT2D eigenvalue weighted by Gasteiger charge is -2.41. The van der Waals surface area contributed by atoms with Crippen molar-refractivity contribution >= 4 is 27.6 Å². The van der Waals surface area contributed by atoms with Gasteiger partial charge in [0.15, 0.2) is 0 Å². The van der Waals surface area contributed by atoms with Crippen LogP contribution >= 0.6 is 11.3 Å². The number of hydrogen-bond acceptors (Lipinski definition) is 6. The number of fused-ring (bicyclic) bond motifs is 3. The van der Waals surface area contributed by atoms with Crippen LogP contribution in [0.15, 0.2) is 24.3 Å². The van der Waals surface area contributed by atoms with Gasteiger partial charge in [0.2, 0.25) is 0 Å². The molecule has 0 unspecified atom stereocenters. The van der Waals surface area contributed by atoms with Crippen LogP contribution in [0.2, 0.25) is 0 Å². The Labute approximate surface area is 194 Å². The molecule has 3 aliphatic rings. The number of hydrogen-bond donors (Lipinski definition) is 0. The summed E-state index contributed by atoms with van der Waals surface area (Å²) in [6, 6.07) is 8.69. The molecule has 0 N–H and O–H groups in total. The smallest absolute Gasteiger partial charge is 0.410 e. The number of benzene rings is 1. The zero-order valence-corrected chi connectivity index (χ0v) is 20.1. The van der Waals surface area contributed by atoms with Crippen LogP contribution in [0, 0.1) is 0 Å². The lowest BCUT2D eigenvalue weighted by Crippen LogP contribution is -2.50. The Kier molecular flexibility index (Phi) is 6.05. The summed E-state index contributed by atoms with van der Waals surface area (Å²) in [4.78, 5) is 19.3. The second kappa shape index (κ2) is 8.82. The van der Waals surface area contributed by atoms with Crippen molar-refractivity contribution in [3.63, 3.8) is 0 Å². The van der Waals surface area contributed by atoms with E-state index in [1.807, 2.05) is 43.9 Å². The first-order valence-electron chi connectivity index (χ1n) is 12.0. The third kappa shape index (κ3) is 4.88. The van der Waals surface area contributed by atoms with Gasteiger partial charge in [-0.3, -0.25) is 0 Å². The van der Waals surface area contributed by atoms with Gasteiger partial charge >= 0.3 is 6.09 Å². The molecule has 1 aromatic heterocycles. The van der Waals surface area contributed by atoms with E-state index in [1.54, 1.807) is 11.3 Å². The van der Waals surface area contributed by atoms with Gasteiger partial charge in [0.25, 0.3) is 5.19 Å². The third-order valence-electron chi connectivity index (χ3n) is 6.84. The van der Waals surface area contributed by atoms with E-state index in [9.17, 15) is 4.79 Å². The first-order chi connectivity index (χ1) is 15.3. The Morgan fingerprint density at radius 2 is 1.62 bits per heavy atom. The molecular formula is C25H34N2O4S. The molecule has 2 aliphatic heterocycles. The summed E-state index contributed by atoms with van der Waals surface area (Å²) in [7, 11) is 0. The average Bonchev–Trinajstić information content (AvgIpc) is 3.26. The highest BCUT2D eigenvalue weighted by atomic mass is 32.1. The standard InChI is InChI=1S/C25H34N2O4S/c1-25(2,3)31-24(28)27-16-8-9-17(27)15-20(14-16)29-18-10-12-19(13-11-18)30-23-26-21-6-4-5-7-22(21)32-23/h4-7,16-20H,8-15H2,1-3H3/t16-,17-,18?,19?/m0/s1. The lowest BCUT2D eigenvalue weighted by molar-refractivity contribution is -0.0812. The number of ether oxygens (including phenoxy) is 3. The Bertz CT molecular complexity index is 900. The summed E-state index contributed by atoms with van der Waals surface area (Å²) in [6.07, 6.45) is 8.65. The first kappa shape index (κ1) is 22.0. The van der Waals surface area contributed by atoms with Crippen molar-refractivity contribution in [1.82, 2.24) is 9.88 Å². The predicted octanol–water partition coefficient (Wildman–Crippen LogP) is 5.93. The van der Waals surface area contributed by atoms with E-state index in [-0.39, 0.29) is 30.4 Å². The maximum atomic E-state index is 12.7. The quantitative estimate of drug-likeness (QED) is 0.568. The van der Waals surface area contributed by atoms with E-state index in [4.69, 9.17) is 14.2 Å². The summed E-state index contributed by atoms with van der Waals surface area (Å²) in [5, 5.41) is 0.779. The zero-order valence-electron chi connectivity index (χ0n) is 19.3. The molecule has 1 amide bonds. The molecule has 7 heteroatoms. The molecule has 5 rings (SSSR count). The minimum absolute atomic E-state index is 0.157. The molecule has 2 aromatic rings. The van der Waals surface area contributed by atoms with E-state index in [1.165, 1.54) is 4.70 Å². The molecule has 2 saturated heterocycles. The van der Waals surface area contributed by atoms with Crippen LogP contribution in [0.3, 0.4) is 0 Å². The van der Waals surface area contributed by atoms with Crippen molar-refractivity contribution in [2.45, 2.75) is 108 Å². The Morgan fingerprint density at radius 1 is 0.969 bits per heavy atom. The van der Waals surface area contributed by atoms with Crippen molar-refractivity contribution in [2.75, 3.05) is 0 Å². The molecular weight excluding hydrogens is 424 g/mol. The van der Waals surface area contributed by atoms with Gasteiger partial charge in [0.05, 0.1) is 22.4 Å². The molecule has 1 saturated carbocycles. The van der Waals surface area contributed by atoms with E-state index in [2.05, 4.69) is 11.1 Å². The maximum Gasteiger partial charge on any atom is 0.410 e. The third-order valence-corrected chi connectivity index (χ3v) is 7.77. The average molecular weight is 459 g/mol. The van der Waals surface area contributed by atoms with Crippen LogP contribution in [0.4, 0.5) is 4.79 Å². The molecule has 32 heavy (non-hydrogen) atoms. The summed E-state index contributed by atoms with van der Waals surface area (Å²) < 4.78 is 19.6. The summed E-state index contributed by atoms with van der Waals surface area (Å²) >= 11 is 1.63. The maximum absolute atomic E-state index is 12.7. The zero-order chi connectivity index (χ0) is 22.3. The lowest BCUT2D eigenvalue weighted by atomic mass is 9.93. The largest absolute Gasteiger partial charge is 0.467 e. The normalized spacial score (nSPS) is 30.5. The molecule has 2 bridgehead atoms. The highest BCUT2D eigenvalue weighted by Crippen LogP contribution is 2.39. The monoisotopic (exact) mass is 458 g/mol. The van der Waals surface area contributed by atoms with Gasteiger partial charge in [-0.15, -0.1) is 0 Å². The molecule has 0 spiro atoms. The summed E-state index contributed by atoms with van der Waals surface area (Å²) in [5.41, 5.74) is 0.563. The fourth-order valence-electron chi connectivity index (χ4n) is 5.45. The van der Waals surface area contributed by atoms with Crippen molar-refractivity contribution in [3.8, 4) is 5.19 Å². The van der Waals surface area contributed by atoms with Gasteiger partial charge in [-0.05, 0) is 84.3 Å². The number of carbonyl (C=O) groups is 1. The molecule has 3 heterocycles. The van der Waals surface area contributed by atoms with Crippen LogP contribution in [-0.4, -0.2) is 52.0 Å². The number of piperidine rings is 1. The predicted molar refractivity (Wildman–Crippen MR) is 125 cm³/mol. The fraction of sp³-hybridized carbons (Fsp3) is 0.680. The van der Waals surface area contributed by atoms with Crippen LogP contribution < -0.4 is 4.74 Å². The van der Waals surface area contributed by atoms with Crippen LogP contribution in [0.25, 0.3) is 10.2 Å². The van der Waals surface area contributed by atoms with Crippen molar-refractivity contribution in [3.05, 3.63) is 24.3 Å². The summed E-state index contributed by atoms with van der Waals surface area (Å²) in [6.45, 7) is 5.79. The number of rotatable bonds is 4. The van der Waals surface area contributed by atoms with Crippen LogP contribution in [-0.2, 0) is 9.47 Å². The molecule has 2 atom stereocenters. The van der Waals surface area contributed by atoms with Crippen molar-refractivity contribution in [2.24, 2.45) is 0 Å². The molecule has 1 aromatic carbocycles. The van der Waals surface area contributed by atoms with Crippen LogP contribution in [0.1, 0.15) is 72.1 Å². The van der Waals surface area contributed by atoms with E-state index < -0.39 is 5.60 Å². The van der Waals surface area contributed by atoms with Crippen LogP contribution in [0.5, 0.6) is 5.19 Å². The number of amides is 1. The van der Waals surface area contributed by atoms with Gasteiger partial charge in [0, 0.05) is 12.1 Å². The Balaban J connectivity index is 1.09. The number of nitrogens with zero attached hydrogens (tertiary/aromatic N) is 2. The van der Waals surface area contributed by atoms with Gasteiger partial charge in [0.1, 0.15) is 11.7 Å². The SMILES string of the molecule is CC(C)(C)OC(=O)N1[C@H]2CC[C@H]1CC(OC1CCC(Oc3nc4ccccc4s3)CC1)C2. The van der Waals surface area contributed by atoms with Gasteiger partial charge in [-0.2, -0.15) is 0 Å². The molecule has 3 fully saturated rings. The van der Waals surface area contributed by atoms with Gasteiger partial charge in [-0.1, -0.05) is 23.5 Å². The minimum Gasteiger partial charge on any atom is -0.467 e.